The molecule has 0 radical (unpaired) electrons. The van der Waals surface area contributed by atoms with Crippen LogP contribution in [0.4, 0.5) is 5.69 Å². The number of rotatable bonds is 13. The van der Waals surface area contributed by atoms with E-state index in [-0.39, 0.29) is 18.5 Å². The lowest BCUT2D eigenvalue weighted by Gasteiger charge is -2.18. The van der Waals surface area contributed by atoms with Gasteiger partial charge in [-0.05, 0) is 42.7 Å². The second-order valence-electron chi connectivity index (χ2n) is 7.05. The van der Waals surface area contributed by atoms with E-state index in [0.717, 1.165) is 24.1 Å². The summed E-state index contributed by atoms with van der Waals surface area (Å²) < 4.78 is 21.3. The van der Waals surface area contributed by atoms with Gasteiger partial charge in [0.2, 0.25) is 0 Å². The van der Waals surface area contributed by atoms with Crippen molar-refractivity contribution in [3.05, 3.63) is 54.1 Å². The van der Waals surface area contributed by atoms with Crippen molar-refractivity contribution < 1.29 is 28.5 Å². The Hall–Kier alpha value is -3.06. The maximum Gasteiger partial charge on any atom is 0.305 e. The molecule has 0 spiro atoms. The Bertz CT molecular complexity index is 802. The third-order valence-corrected chi connectivity index (χ3v) is 4.77. The monoisotopic (exact) mass is 429 g/mol. The molecular weight excluding hydrogens is 398 g/mol. The molecule has 168 valence electrons. The molecule has 1 amide bonds. The van der Waals surface area contributed by atoms with Crippen LogP contribution in [0, 0.1) is 0 Å². The van der Waals surface area contributed by atoms with Gasteiger partial charge in [0.1, 0.15) is 17.6 Å². The number of unbranched alkanes of at least 4 members (excludes halogenated alkanes) is 2. The first-order chi connectivity index (χ1) is 15.0. The lowest BCUT2D eigenvalue weighted by Crippen LogP contribution is -2.30. The Morgan fingerprint density at radius 1 is 0.903 bits per heavy atom. The van der Waals surface area contributed by atoms with Crippen LogP contribution in [0.1, 0.15) is 37.7 Å². The Labute approximate surface area is 183 Å². The number of carbonyl (C=O) groups excluding carboxylic acids is 2. The first-order valence-corrected chi connectivity index (χ1v) is 10.3. The minimum Gasteiger partial charge on any atom is -0.497 e. The summed E-state index contributed by atoms with van der Waals surface area (Å²) in [6.07, 6.45) is 2.57. The van der Waals surface area contributed by atoms with E-state index in [1.807, 2.05) is 42.5 Å². The van der Waals surface area contributed by atoms with Crippen molar-refractivity contribution in [2.24, 2.45) is 0 Å². The van der Waals surface area contributed by atoms with Crippen LogP contribution in [0.3, 0.4) is 0 Å². The SMILES string of the molecule is COC(=O)CCCCCC(OCc1cc(OC)cc(OC)c1)C(=O)Nc1ccccc1. The molecule has 2 aromatic rings. The lowest BCUT2D eigenvalue weighted by atomic mass is 10.1. The molecule has 0 saturated carbocycles. The van der Waals surface area contributed by atoms with Gasteiger partial charge < -0.3 is 24.3 Å². The fourth-order valence-electron chi connectivity index (χ4n) is 3.06. The van der Waals surface area contributed by atoms with Crippen molar-refractivity contribution in [2.45, 2.75) is 44.8 Å². The fraction of sp³-hybridized carbons (Fsp3) is 0.417. The number of hydrogen-bond acceptors (Lipinski definition) is 6. The second-order valence-corrected chi connectivity index (χ2v) is 7.05. The molecule has 31 heavy (non-hydrogen) atoms. The maximum atomic E-state index is 12.8. The number of nitrogens with one attached hydrogen (secondary N) is 1. The standard InChI is InChI=1S/C24H31NO6/c1-28-20-14-18(15-21(16-20)29-2)17-31-22(12-8-5-9-13-23(26)30-3)24(27)25-19-10-6-4-7-11-19/h4,6-7,10-11,14-16,22H,5,8-9,12-13,17H2,1-3H3,(H,25,27). The zero-order chi connectivity index (χ0) is 22.5. The number of carbonyl (C=O) groups is 2. The largest absolute Gasteiger partial charge is 0.497 e. The van der Waals surface area contributed by atoms with Gasteiger partial charge in [-0.15, -0.1) is 0 Å². The van der Waals surface area contributed by atoms with Crippen molar-refractivity contribution in [1.82, 2.24) is 0 Å². The summed E-state index contributed by atoms with van der Waals surface area (Å²) in [4.78, 5) is 24.1. The van der Waals surface area contributed by atoms with E-state index < -0.39 is 6.10 Å². The number of hydrogen-bond donors (Lipinski definition) is 1. The highest BCUT2D eigenvalue weighted by molar-refractivity contribution is 5.94. The summed E-state index contributed by atoms with van der Waals surface area (Å²) in [5, 5.41) is 2.90. The van der Waals surface area contributed by atoms with E-state index in [1.54, 1.807) is 20.3 Å². The second kappa shape index (κ2) is 13.3. The Morgan fingerprint density at radius 2 is 1.58 bits per heavy atom. The Kier molecular flexibility index (Phi) is 10.4. The summed E-state index contributed by atoms with van der Waals surface area (Å²) in [5.74, 6) is 0.896. The van der Waals surface area contributed by atoms with Crippen LogP contribution in [0.25, 0.3) is 0 Å². The van der Waals surface area contributed by atoms with E-state index in [2.05, 4.69) is 10.1 Å². The van der Waals surface area contributed by atoms with Gasteiger partial charge in [0, 0.05) is 18.2 Å². The Morgan fingerprint density at radius 3 is 2.19 bits per heavy atom. The summed E-state index contributed by atoms with van der Waals surface area (Å²) in [6.45, 7) is 0.239. The normalized spacial score (nSPS) is 11.5. The Balaban J connectivity index is 1.99. The molecule has 0 heterocycles. The highest BCUT2D eigenvalue weighted by atomic mass is 16.5. The quantitative estimate of drug-likeness (QED) is 0.376. The average Bonchev–Trinajstić information content (AvgIpc) is 2.80. The minimum absolute atomic E-state index is 0.200. The molecular formula is C24H31NO6. The zero-order valence-electron chi connectivity index (χ0n) is 18.4. The fourth-order valence-corrected chi connectivity index (χ4v) is 3.06. The van der Waals surface area contributed by atoms with E-state index in [4.69, 9.17) is 14.2 Å². The molecule has 0 aliphatic heterocycles. The van der Waals surface area contributed by atoms with Crippen LogP contribution in [0.15, 0.2) is 48.5 Å². The number of benzene rings is 2. The van der Waals surface area contributed by atoms with E-state index in [0.29, 0.717) is 30.8 Å². The van der Waals surface area contributed by atoms with Crippen LogP contribution in [0.2, 0.25) is 0 Å². The molecule has 7 nitrogen and oxygen atoms in total. The van der Waals surface area contributed by atoms with E-state index >= 15 is 0 Å². The molecule has 2 aromatic carbocycles. The van der Waals surface area contributed by atoms with Crippen LogP contribution in [-0.2, 0) is 25.7 Å². The van der Waals surface area contributed by atoms with Gasteiger partial charge in [0.05, 0.1) is 27.9 Å². The van der Waals surface area contributed by atoms with Gasteiger partial charge >= 0.3 is 5.97 Å². The van der Waals surface area contributed by atoms with Crippen LogP contribution in [-0.4, -0.2) is 39.3 Å². The van der Waals surface area contributed by atoms with Gasteiger partial charge in [0.25, 0.3) is 5.91 Å². The van der Waals surface area contributed by atoms with Crippen molar-refractivity contribution in [2.75, 3.05) is 26.6 Å². The number of methoxy groups -OCH3 is 3. The lowest BCUT2D eigenvalue weighted by molar-refractivity contribution is -0.140. The first-order valence-electron chi connectivity index (χ1n) is 10.3. The maximum absolute atomic E-state index is 12.8. The third-order valence-electron chi connectivity index (χ3n) is 4.77. The number of anilines is 1. The number of para-hydroxylation sites is 1. The van der Waals surface area contributed by atoms with Gasteiger partial charge in [-0.3, -0.25) is 9.59 Å². The van der Waals surface area contributed by atoms with Crippen molar-refractivity contribution in [1.29, 1.82) is 0 Å². The van der Waals surface area contributed by atoms with Gasteiger partial charge in [0.15, 0.2) is 0 Å². The summed E-state index contributed by atoms with van der Waals surface area (Å²) in [6, 6.07) is 14.8. The molecule has 0 fully saturated rings. The van der Waals surface area contributed by atoms with Crippen LogP contribution < -0.4 is 14.8 Å². The molecule has 1 N–H and O–H groups in total. The van der Waals surface area contributed by atoms with Crippen LogP contribution >= 0.6 is 0 Å². The van der Waals surface area contributed by atoms with E-state index in [9.17, 15) is 9.59 Å². The number of amides is 1. The van der Waals surface area contributed by atoms with Crippen molar-refractivity contribution in [3.63, 3.8) is 0 Å². The van der Waals surface area contributed by atoms with Crippen molar-refractivity contribution in [3.8, 4) is 11.5 Å². The molecule has 1 unspecified atom stereocenters. The highest BCUT2D eigenvalue weighted by Gasteiger charge is 2.20. The molecule has 0 aliphatic rings. The molecule has 0 bridgehead atoms. The molecule has 7 heteroatoms. The van der Waals surface area contributed by atoms with Crippen molar-refractivity contribution >= 4 is 17.6 Å². The minimum atomic E-state index is -0.629. The van der Waals surface area contributed by atoms with Crippen LogP contribution in [0.5, 0.6) is 11.5 Å². The topological polar surface area (TPSA) is 83.1 Å². The first kappa shape index (κ1) is 24.2. The molecule has 0 saturated heterocycles. The summed E-state index contributed by atoms with van der Waals surface area (Å²) in [7, 11) is 4.56. The predicted molar refractivity (Wildman–Crippen MR) is 118 cm³/mol. The molecule has 2 rings (SSSR count). The van der Waals surface area contributed by atoms with Gasteiger partial charge in [-0.25, -0.2) is 0 Å². The predicted octanol–water partition coefficient (Wildman–Crippen LogP) is 4.35. The number of esters is 1. The molecule has 0 aliphatic carbocycles. The number of ether oxygens (including phenoxy) is 4. The van der Waals surface area contributed by atoms with Gasteiger partial charge in [-0.2, -0.15) is 0 Å². The summed E-state index contributed by atoms with van der Waals surface area (Å²) in [5.41, 5.74) is 1.56. The highest BCUT2D eigenvalue weighted by Crippen LogP contribution is 2.24. The molecule has 0 aromatic heterocycles. The average molecular weight is 430 g/mol. The van der Waals surface area contributed by atoms with E-state index in [1.165, 1.54) is 7.11 Å². The van der Waals surface area contributed by atoms with Gasteiger partial charge in [-0.1, -0.05) is 31.0 Å². The third kappa shape index (κ3) is 8.68. The zero-order valence-corrected chi connectivity index (χ0v) is 18.4. The molecule has 1 atom stereocenters. The summed E-state index contributed by atoms with van der Waals surface area (Å²) >= 11 is 0. The smallest absolute Gasteiger partial charge is 0.305 e.